The standard InChI is InChI=1S/C20H21N3O3/c1-13(14-4-7-16(25-2)8-5-14)22-20-12-21-11-17(23-20)15-6-9-18(24)19(10-15)26-3/h4-13,24H,1-3H3,(H,22,23)/t13-/m0/s1. The number of ether oxygens (including phenoxy) is 2. The molecular weight excluding hydrogens is 330 g/mol. The summed E-state index contributed by atoms with van der Waals surface area (Å²) in [6, 6.07) is 13.0. The van der Waals surface area contributed by atoms with Crippen molar-refractivity contribution in [2.45, 2.75) is 13.0 Å². The van der Waals surface area contributed by atoms with Gasteiger partial charge in [0, 0.05) is 11.6 Å². The maximum atomic E-state index is 9.74. The maximum absolute atomic E-state index is 9.74. The molecule has 6 nitrogen and oxygen atoms in total. The van der Waals surface area contributed by atoms with Crippen LogP contribution in [0.2, 0.25) is 0 Å². The van der Waals surface area contributed by atoms with E-state index < -0.39 is 0 Å². The number of methoxy groups -OCH3 is 2. The van der Waals surface area contributed by atoms with Crippen LogP contribution in [0.15, 0.2) is 54.9 Å². The van der Waals surface area contributed by atoms with E-state index in [0.717, 1.165) is 16.9 Å². The molecule has 2 N–H and O–H groups in total. The van der Waals surface area contributed by atoms with E-state index in [0.29, 0.717) is 17.3 Å². The van der Waals surface area contributed by atoms with E-state index in [1.54, 1.807) is 37.7 Å². The minimum Gasteiger partial charge on any atom is -0.504 e. The van der Waals surface area contributed by atoms with Crippen molar-refractivity contribution in [2.75, 3.05) is 19.5 Å². The zero-order valence-electron chi connectivity index (χ0n) is 14.9. The molecule has 6 heteroatoms. The number of nitrogens with zero attached hydrogens (tertiary/aromatic N) is 2. The number of hydrogen-bond acceptors (Lipinski definition) is 6. The van der Waals surface area contributed by atoms with E-state index in [1.807, 2.05) is 24.3 Å². The third kappa shape index (κ3) is 3.85. The molecule has 0 fully saturated rings. The van der Waals surface area contributed by atoms with Gasteiger partial charge in [0.05, 0.1) is 32.3 Å². The number of phenols is 1. The molecule has 0 radical (unpaired) electrons. The van der Waals surface area contributed by atoms with Gasteiger partial charge in [-0.3, -0.25) is 4.98 Å². The van der Waals surface area contributed by atoms with Gasteiger partial charge >= 0.3 is 0 Å². The van der Waals surface area contributed by atoms with E-state index in [-0.39, 0.29) is 11.8 Å². The largest absolute Gasteiger partial charge is 0.504 e. The first-order valence-electron chi connectivity index (χ1n) is 8.20. The summed E-state index contributed by atoms with van der Waals surface area (Å²) in [6.45, 7) is 2.06. The van der Waals surface area contributed by atoms with Crippen molar-refractivity contribution in [1.29, 1.82) is 0 Å². The smallest absolute Gasteiger partial charge is 0.161 e. The summed E-state index contributed by atoms with van der Waals surface area (Å²) in [5.41, 5.74) is 2.62. The lowest BCUT2D eigenvalue weighted by Crippen LogP contribution is -2.08. The molecule has 0 aliphatic rings. The lowest BCUT2D eigenvalue weighted by molar-refractivity contribution is 0.373. The Balaban J connectivity index is 1.80. The topological polar surface area (TPSA) is 76.5 Å². The molecule has 3 aromatic rings. The number of hydrogen-bond donors (Lipinski definition) is 2. The second-order valence-corrected chi connectivity index (χ2v) is 5.82. The Hall–Kier alpha value is -3.28. The van der Waals surface area contributed by atoms with Gasteiger partial charge in [-0.25, -0.2) is 4.98 Å². The number of phenolic OH excluding ortho intramolecular Hbond substituents is 1. The highest BCUT2D eigenvalue weighted by Gasteiger charge is 2.10. The van der Waals surface area contributed by atoms with Gasteiger partial charge in [0.15, 0.2) is 11.5 Å². The molecule has 0 aliphatic heterocycles. The zero-order chi connectivity index (χ0) is 18.5. The van der Waals surface area contributed by atoms with Crippen molar-refractivity contribution >= 4 is 5.82 Å². The van der Waals surface area contributed by atoms with Crippen molar-refractivity contribution < 1.29 is 14.6 Å². The highest BCUT2D eigenvalue weighted by molar-refractivity contribution is 5.64. The van der Waals surface area contributed by atoms with Gasteiger partial charge < -0.3 is 19.9 Å². The van der Waals surface area contributed by atoms with E-state index in [9.17, 15) is 5.11 Å². The lowest BCUT2D eigenvalue weighted by atomic mass is 10.1. The number of aromatic nitrogens is 2. The molecule has 0 amide bonds. The van der Waals surface area contributed by atoms with Gasteiger partial charge in [0.1, 0.15) is 11.6 Å². The Morgan fingerprint density at radius 1 is 1.00 bits per heavy atom. The van der Waals surface area contributed by atoms with Crippen LogP contribution < -0.4 is 14.8 Å². The van der Waals surface area contributed by atoms with Crippen LogP contribution in [0.25, 0.3) is 11.3 Å². The van der Waals surface area contributed by atoms with E-state index in [4.69, 9.17) is 9.47 Å². The average molecular weight is 351 g/mol. The number of anilines is 1. The third-order valence-electron chi connectivity index (χ3n) is 4.09. The number of nitrogens with one attached hydrogen (secondary N) is 1. The van der Waals surface area contributed by atoms with Gasteiger partial charge in [-0.2, -0.15) is 0 Å². The van der Waals surface area contributed by atoms with Gasteiger partial charge in [-0.05, 0) is 42.8 Å². The Bertz CT molecular complexity index is 882. The molecule has 0 saturated heterocycles. The van der Waals surface area contributed by atoms with Crippen LogP contribution in [0, 0.1) is 0 Å². The molecule has 0 saturated carbocycles. The monoisotopic (exact) mass is 351 g/mol. The molecular formula is C20H21N3O3. The summed E-state index contributed by atoms with van der Waals surface area (Å²) in [5, 5.41) is 13.1. The van der Waals surface area contributed by atoms with Gasteiger partial charge in [-0.1, -0.05) is 12.1 Å². The molecule has 0 spiro atoms. The summed E-state index contributed by atoms with van der Waals surface area (Å²) in [5.74, 6) is 1.97. The van der Waals surface area contributed by atoms with Crippen LogP contribution in [0.1, 0.15) is 18.5 Å². The average Bonchev–Trinajstić information content (AvgIpc) is 2.68. The number of benzene rings is 2. The third-order valence-corrected chi connectivity index (χ3v) is 4.09. The Morgan fingerprint density at radius 2 is 1.77 bits per heavy atom. The minimum atomic E-state index is 0.0554. The Kier molecular flexibility index (Phi) is 5.22. The second-order valence-electron chi connectivity index (χ2n) is 5.82. The Labute approximate surface area is 152 Å². The van der Waals surface area contributed by atoms with Crippen LogP contribution in [0.5, 0.6) is 17.2 Å². The second kappa shape index (κ2) is 7.74. The van der Waals surface area contributed by atoms with E-state index >= 15 is 0 Å². The van der Waals surface area contributed by atoms with Crippen molar-refractivity contribution in [3.63, 3.8) is 0 Å². The summed E-state index contributed by atoms with van der Waals surface area (Å²) in [6.07, 6.45) is 3.36. The fourth-order valence-electron chi connectivity index (χ4n) is 2.61. The Morgan fingerprint density at radius 3 is 2.46 bits per heavy atom. The van der Waals surface area contributed by atoms with Gasteiger partial charge in [0.2, 0.25) is 0 Å². The molecule has 0 aliphatic carbocycles. The molecule has 3 rings (SSSR count). The number of aromatic hydroxyl groups is 1. The molecule has 134 valence electrons. The molecule has 1 heterocycles. The van der Waals surface area contributed by atoms with E-state index in [1.165, 1.54) is 7.11 Å². The molecule has 1 aromatic heterocycles. The summed E-state index contributed by atoms with van der Waals surface area (Å²) in [7, 11) is 3.16. The van der Waals surface area contributed by atoms with Crippen LogP contribution in [-0.2, 0) is 0 Å². The minimum absolute atomic E-state index is 0.0554. The summed E-state index contributed by atoms with van der Waals surface area (Å²) < 4.78 is 10.3. The van der Waals surface area contributed by atoms with E-state index in [2.05, 4.69) is 22.2 Å². The molecule has 0 unspecified atom stereocenters. The van der Waals surface area contributed by atoms with Crippen LogP contribution in [0.4, 0.5) is 5.82 Å². The fourth-order valence-corrected chi connectivity index (χ4v) is 2.61. The maximum Gasteiger partial charge on any atom is 0.161 e. The van der Waals surface area contributed by atoms with Crippen molar-refractivity contribution in [3.8, 4) is 28.5 Å². The SMILES string of the molecule is COc1ccc([C@H](C)Nc2cncc(-c3ccc(O)c(OC)c3)n2)cc1. The van der Waals surface area contributed by atoms with Crippen molar-refractivity contribution in [3.05, 3.63) is 60.4 Å². The predicted octanol–water partition coefficient (Wildman–Crippen LogP) is 4.04. The summed E-state index contributed by atoms with van der Waals surface area (Å²) >= 11 is 0. The first-order chi connectivity index (χ1) is 12.6. The molecule has 1 atom stereocenters. The summed E-state index contributed by atoms with van der Waals surface area (Å²) in [4.78, 5) is 8.88. The quantitative estimate of drug-likeness (QED) is 0.698. The van der Waals surface area contributed by atoms with Crippen molar-refractivity contribution in [2.24, 2.45) is 0 Å². The van der Waals surface area contributed by atoms with Crippen LogP contribution in [0.3, 0.4) is 0 Å². The first kappa shape index (κ1) is 17.5. The van der Waals surface area contributed by atoms with Crippen LogP contribution >= 0.6 is 0 Å². The lowest BCUT2D eigenvalue weighted by Gasteiger charge is -2.16. The van der Waals surface area contributed by atoms with Crippen molar-refractivity contribution in [1.82, 2.24) is 9.97 Å². The van der Waals surface area contributed by atoms with Crippen LogP contribution in [-0.4, -0.2) is 29.3 Å². The highest BCUT2D eigenvalue weighted by atomic mass is 16.5. The van der Waals surface area contributed by atoms with Gasteiger partial charge in [-0.15, -0.1) is 0 Å². The molecule has 0 bridgehead atoms. The fraction of sp³-hybridized carbons (Fsp3) is 0.200. The highest BCUT2D eigenvalue weighted by Crippen LogP contribution is 2.31. The molecule has 2 aromatic carbocycles. The normalized spacial score (nSPS) is 11.7. The molecule has 26 heavy (non-hydrogen) atoms. The number of rotatable bonds is 6. The first-order valence-corrected chi connectivity index (χ1v) is 8.20. The predicted molar refractivity (Wildman–Crippen MR) is 101 cm³/mol. The zero-order valence-corrected chi connectivity index (χ0v) is 14.9. The van der Waals surface area contributed by atoms with Gasteiger partial charge in [0.25, 0.3) is 0 Å².